The summed E-state index contributed by atoms with van der Waals surface area (Å²) in [5.41, 5.74) is 0.783. The Morgan fingerprint density at radius 3 is 2.84 bits per heavy atom. The van der Waals surface area contributed by atoms with Crippen LogP contribution in [0.5, 0.6) is 5.75 Å². The molecule has 8 nitrogen and oxygen atoms in total. The van der Waals surface area contributed by atoms with E-state index in [1.54, 1.807) is 29.2 Å². The smallest absolute Gasteiger partial charge is 0.260 e. The maximum Gasteiger partial charge on any atom is 0.260 e. The van der Waals surface area contributed by atoms with E-state index in [1.807, 2.05) is 0 Å². The van der Waals surface area contributed by atoms with Crippen LogP contribution in [0.1, 0.15) is 19.8 Å². The monoisotopic (exact) mass is 344 g/mol. The first kappa shape index (κ1) is 16.9. The number of carbonyl (C=O) groups excluding carboxylic acids is 2. The lowest BCUT2D eigenvalue weighted by Crippen LogP contribution is -2.50. The standard InChI is InChI=1S/C17H20N4O4/c1-12(22)19-14-3-2-8-21(9-14)16(23)10-24-15-6-4-13(5-7-15)17-20-18-11-25-17/h4-7,11,14H,2-3,8-10H2,1H3,(H,19,22)/t14-/m0/s1. The van der Waals surface area contributed by atoms with Crippen molar-refractivity contribution in [2.45, 2.75) is 25.8 Å². The first-order valence-corrected chi connectivity index (χ1v) is 8.16. The first-order chi connectivity index (χ1) is 12.1. The lowest BCUT2D eigenvalue weighted by atomic mass is 10.1. The fourth-order valence-corrected chi connectivity index (χ4v) is 2.84. The van der Waals surface area contributed by atoms with Gasteiger partial charge in [-0.25, -0.2) is 0 Å². The summed E-state index contributed by atoms with van der Waals surface area (Å²) in [6.07, 6.45) is 3.03. The van der Waals surface area contributed by atoms with Gasteiger partial charge in [0.15, 0.2) is 6.61 Å². The van der Waals surface area contributed by atoms with Crippen molar-refractivity contribution in [2.75, 3.05) is 19.7 Å². The van der Waals surface area contributed by atoms with Gasteiger partial charge in [-0.1, -0.05) is 0 Å². The largest absolute Gasteiger partial charge is 0.484 e. The minimum atomic E-state index is -0.0870. The van der Waals surface area contributed by atoms with E-state index in [0.29, 0.717) is 24.7 Å². The van der Waals surface area contributed by atoms with E-state index in [-0.39, 0.29) is 24.5 Å². The van der Waals surface area contributed by atoms with Gasteiger partial charge in [0.25, 0.3) is 5.91 Å². The van der Waals surface area contributed by atoms with E-state index < -0.39 is 0 Å². The van der Waals surface area contributed by atoms with Crippen LogP contribution in [0, 0.1) is 0 Å². The molecule has 0 bridgehead atoms. The molecule has 0 saturated carbocycles. The summed E-state index contributed by atoms with van der Waals surface area (Å²) in [5.74, 6) is 0.861. The van der Waals surface area contributed by atoms with E-state index in [9.17, 15) is 9.59 Å². The molecule has 2 heterocycles. The molecule has 8 heteroatoms. The van der Waals surface area contributed by atoms with Gasteiger partial charge in [0.1, 0.15) is 5.75 Å². The number of hydrogen-bond donors (Lipinski definition) is 1. The number of nitrogens with zero attached hydrogens (tertiary/aromatic N) is 3. The van der Waals surface area contributed by atoms with Crippen LogP contribution in [0.2, 0.25) is 0 Å². The molecular formula is C17H20N4O4. The maximum atomic E-state index is 12.3. The number of hydrogen-bond acceptors (Lipinski definition) is 6. The van der Waals surface area contributed by atoms with Gasteiger partial charge in [-0.15, -0.1) is 10.2 Å². The zero-order valence-corrected chi connectivity index (χ0v) is 14.0. The third kappa shape index (κ3) is 4.56. The minimum absolute atomic E-state index is 0.0175. The number of likely N-dealkylation sites (tertiary alicyclic amines) is 1. The molecule has 1 aromatic heterocycles. The van der Waals surface area contributed by atoms with Gasteiger partial charge in [-0.05, 0) is 37.1 Å². The fraction of sp³-hybridized carbons (Fsp3) is 0.412. The number of ether oxygens (including phenoxy) is 1. The van der Waals surface area contributed by atoms with Crippen molar-refractivity contribution >= 4 is 11.8 Å². The Hall–Kier alpha value is -2.90. The van der Waals surface area contributed by atoms with Gasteiger partial charge in [0, 0.05) is 31.6 Å². The summed E-state index contributed by atoms with van der Waals surface area (Å²) < 4.78 is 10.7. The molecular weight excluding hydrogens is 324 g/mol. The molecule has 2 aromatic rings. The van der Waals surface area contributed by atoms with E-state index in [1.165, 1.54) is 13.3 Å². The molecule has 25 heavy (non-hydrogen) atoms. The summed E-state index contributed by atoms with van der Waals surface area (Å²) in [6.45, 7) is 2.67. The summed E-state index contributed by atoms with van der Waals surface area (Å²) in [6, 6.07) is 7.11. The van der Waals surface area contributed by atoms with Gasteiger partial charge < -0.3 is 19.4 Å². The number of aromatic nitrogens is 2. The summed E-state index contributed by atoms with van der Waals surface area (Å²) in [4.78, 5) is 25.2. The summed E-state index contributed by atoms with van der Waals surface area (Å²) in [5, 5.41) is 10.3. The highest BCUT2D eigenvalue weighted by molar-refractivity contribution is 5.78. The number of amides is 2. The number of benzene rings is 1. The second-order valence-electron chi connectivity index (χ2n) is 5.94. The molecule has 0 spiro atoms. The molecule has 0 unspecified atom stereocenters. The van der Waals surface area contributed by atoms with Gasteiger partial charge in [-0.3, -0.25) is 9.59 Å². The predicted octanol–water partition coefficient (Wildman–Crippen LogP) is 1.24. The van der Waals surface area contributed by atoms with Crippen LogP contribution in [0.3, 0.4) is 0 Å². The fourth-order valence-electron chi connectivity index (χ4n) is 2.84. The number of nitrogens with one attached hydrogen (secondary N) is 1. The average Bonchev–Trinajstić information content (AvgIpc) is 3.14. The quantitative estimate of drug-likeness (QED) is 0.876. The lowest BCUT2D eigenvalue weighted by Gasteiger charge is -2.32. The molecule has 1 aromatic carbocycles. The normalized spacial score (nSPS) is 17.2. The van der Waals surface area contributed by atoms with Crippen molar-refractivity contribution < 1.29 is 18.7 Å². The molecule has 1 N–H and O–H groups in total. The molecule has 1 aliphatic heterocycles. The van der Waals surface area contributed by atoms with Gasteiger partial charge >= 0.3 is 0 Å². The van der Waals surface area contributed by atoms with Gasteiger partial charge in [0.2, 0.25) is 18.2 Å². The van der Waals surface area contributed by atoms with Crippen molar-refractivity contribution in [1.82, 2.24) is 20.4 Å². The molecule has 132 valence electrons. The van der Waals surface area contributed by atoms with Crippen LogP contribution in [0.4, 0.5) is 0 Å². The third-order valence-corrected chi connectivity index (χ3v) is 4.01. The Balaban J connectivity index is 1.51. The van der Waals surface area contributed by atoms with Gasteiger partial charge in [-0.2, -0.15) is 0 Å². The molecule has 0 radical (unpaired) electrons. The highest BCUT2D eigenvalue weighted by Crippen LogP contribution is 2.20. The second kappa shape index (κ2) is 7.78. The molecule has 1 aliphatic rings. The van der Waals surface area contributed by atoms with Crippen LogP contribution >= 0.6 is 0 Å². The van der Waals surface area contributed by atoms with Crippen LogP contribution in [0.15, 0.2) is 35.1 Å². The minimum Gasteiger partial charge on any atom is -0.484 e. The number of carbonyl (C=O) groups is 2. The third-order valence-electron chi connectivity index (χ3n) is 4.01. The van der Waals surface area contributed by atoms with Crippen molar-refractivity contribution in [3.8, 4) is 17.2 Å². The highest BCUT2D eigenvalue weighted by Gasteiger charge is 2.24. The summed E-state index contributed by atoms with van der Waals surface area (Å²) in [7, 11) is 0. The Labute approximate surface area is 145 Å². The van der Waals surface area contributed by atoms with Crippen LogP contribution < -0.4 is 10.1 Å². The van der Waals surface area contributed by atoms with Crippen LogP contribution in [0.25, 0.3) is 11.5 Å². The topological polar surface area (TPSA) is 97.6 Å². The highest BCUT2D eigenvalue weighted by atomic mass is 16.5. The Bertz CT molecular complexity index is 715. The zero-order chi connectivity index (χ0) is 17.6. The predicted molar refractivity (Wildman–Crippen MR) is 88.6 cm³/mol. The van der Waals surface area contributed by atoms with E-state index in [0.717, 1.165) is 18.4 Å². The van der Waals surface area contributed by atoms with E-state index in [2.05, 4.69) is 15.5 Å². The average molecular weight is 344 g/mol. The van der Waals surface area contributed by atoms with Crippen molar-refractivity contribution in [3.05, 3.63) is 30.7 Å². The van der Waals surface area contributed by atoms with Crippen molar-refractivity contribution in [3.63, 3.8) is 0 Å². The molecule has 3 rings (SSSR count). The van der Waals surface area contributed by atoms with Crippen molar-refractivity contribution in [2.24, 2.45) is 0 Å². The van der Waals surface area contributed by atoms with Crippen LogP contribution in [-0.4, -0.2) is 52.6 Å². The zero-order valence-electron chi connectivity index (χ0n) is 14.0. The second-order valence-corrected chi connectivity index (χ2v) is 5.94. The SMILES string of the molecule is CC(=O)N[C@H]1CCCN(C(=O)COc2ccc(-c3nnco3)cc2)C1. The first-order valence-electron chi connectivity index (χ1n) is 8.16. The van der Waals surface area contributed by atoms with Gasteiger partial charge in [0.05, 0.1) is 0 Å². The Kier molecular flexibility index (Phi) is 5.27. The maximum absolute atomic E-state index is 12.3. The summed E-state index contributed by atoms with van der Waals surface area (Å²) >= 11 is 0. The molecule has 2 amide bonds. The number of piperidine rings is 1. The Morgan fingerprint density at radius 2 is 2.16 bits per heavy atom. The molecule has 1 atom stereocenters. The lowest BCUT2D eigenvalue weighted by molar-refractivity contribution is -0.135. The molecule has 1 fully saturated rings. The van der Waals surface area contributed by atoms with Crippen molar-refractivity contribution in [1.29, 1.82) is 0 Å². The Morgan fingerprint density at radius 1 is 1.36 bits per heavy atom. The van der Waals surface area contributed by atoms with Crippen LogP contribution in [-0.2, 0) is 9.59 Å². The number of rotatable bonds is 5. The van der Waals surface area contributed by atoms with E-state index in [4.69, 9.17) is 9.15 Å². The molecule has 1 saturated heterocycles. The van der Waals surface area contributed by atoms with E-state index >= 15 is 0 Å². The molecule has 0 aliphatic carbocycles.